The van der Waals surface area contributed by atoms with Crippen LogP contribution in [-0.4, -0.2) is 43.1 Å². The Kier molecular flexibility index (Phi) is 5.59. The maximum Gasteiger partial charge on any atom is 0.262 e. The van der Waals surface area contributed by atoms with Crippen LogP contribution in [-0.2, 0) is 13.6 Å². The van der Waals surface area contributed by atoms with Gasteiger partial charge in [-0.1, -0.05) is 32.0 Å². The van der Waals surface area contributed by atoms with Crippen LogP contribution in [0, 0.1) is 18.8 Å². The van der Waals surface area contributed by atoms with E-state index in [-0.39, 0.29) is 11.5 Å². The molecule has 0 radical (unpaired) electrons. The zero-order chi connectivity index (χ0) is 24.0. The maximum absolute atomic E-state index is 13.2. The molecule has 0 bridgehead atoms. The summed E-state index contributed by atoms with van der Waals surface area (Å²) in [6, 6.07) is 13.3. The summed E-state index contributed by atoms with van der Waals surface area (Å²) in [4.78, 5) is 27.9. The standard InChI is InChI=1S/C26H30N6O2/c1-16-11-17(2)15-31(14-16)24(33)19-10-9-18(3)21(12-19)27-13-23-28-29-26-30(4)25(34)20-7-5-6-8-22(20)32(23)26/h5-10,12,16-17,27H,11,13-15H2,1-4H3. The molecule has 8 heteroatoms. The first-order valence-corrected chi connectivity index (χ1v) is 11.8. The van der Waals surface area contributed by atoms with Gasteiger partial charge in [0.05, 0.1) is 17.4 Å². The van der Waals surface area contributed by atoms with Crippen molar-refractivity contribution < 1.29 is 4.79 Å². The molecule has 1 aliphatic rings. The Bertz CT molecular complexity index is 1440. The third kappa shape index (κ3) is 3.83. The second kappa shape index (κ2) is 8.59. The van der Waals surface area contributed by atoms with Crippen molar-refractivity contribution in [2.75, 3.05) is 18.4 Å². The summed E-state index contributed by atoms with van der Waals surface area (Å²) in [6.45, 7) is 8.44. The molecule has 2 unspecified atom stereocenters. The number of anilines is 1. The van der Waals surface area contributed by atoms with Crippen molar-refractivity contribution >= 4 is 28.3 Å². The van der Waals surface area contributed by atoms with E-state index < -0.39 is 0 Å². The minimum Gasteiger partial charge on any atom is -0.377 e. The maximum atomic E-state index is 13.2. The molecular weight excluding hydrogens is 428 g/mol. The number of hydrogen-bond donors (Lipinski definition) is 1. The Balaban J connectivity index is 1.44. The fourth-order valence-corrected chi connectivity index (χ4v) is 5.14. The number of fused-ring (bicyclic) bond motifs is 3. The highest BCUT2D eigenvalue weighted by molar-refractivity contribution is 5.95. The van der Waals surface area contributed by atoms with Crippen molar-refractivity contribution in [3.05, 3.63) is 69.8 Å². The minimum atomic E-state index is -0.0987. The van der Waals surface area contributed by atoms with Crippen LogP contribution in [0.4, 0.5) is 5.69 Å². The summed E-state index contributed by atoms with van der Waals surface area (Å²) >= 11 is 0. The van der Waals surface area contributed by atoms with Crippen molar-refractivity contribution in [2.45, 2.75) is 33.7 Å². The van der Waals surface area contributed by atoms with Crippen molar-refractivity contribution in [1.29, 1.82) is 0 Å². The fraction of sp³-hybridized carbons (Fsp3) is 0.385. The molecule has 1 saturated heterocycles. The predicted octanol–water partition coefficient (Wildman–Crippen LogP) is 3.62. The quantitative estimate of drug-likeness (QED) is 0.505. The molecular formula is C26H30N6O2. The van der Waals surface area contributed by atoms with E-state index in [0.717, 1.165) is 36.3 Å². The molecule has 5 rings (SSSR count). The molecule has 176 valence electrons. The van der Waals surface area contributed by atoms with Gasteiger partial charge >= 0.3 is 0 Å². The van der Waals surface area contributed by atoms with Crippen molar-refractivity contribution in [2.24, 2.45) is 18.9 Å². The van der Waals surface area contributed by atoms with Gasteiger partial charge in [-0.3, -0.25) is 18.6 Å². The smallest absolute Gasteiger partial charge is 0.262 e. The molecule has 2 aromatic carbocycles. The van der Waals surface area contributed by atoms with Crippen LogP contribution in [0.5, 0.6) is 0 Å². The number of carbonyl (C=O) groups excluding carboxylic acids is 1. The lowest BCUT2D eigenvalue weighted by Crippen LogP contribution is -2.42. The monoisotopic (exact) mass is 458 g/mol. The number of amides is 1. The van der Waals surface area contributed by atoms with E-state index in [2.05, 4.69) is 29.4 Å². The molecule has 2 aromatic heterocycles. The van der Waals surface area contributed by atoms with Crippen molar-refractivity contribution in [3.63, 3.8) is 0 Å². The zero-order valence-corrected chi connectivity index (χ0v) is 20.1. The highest BCUT2D eigenvalue weighted by atomic mass is 16.2. The van der Waals surface area contributed by atoms with E-state index >= 15 is 0 Å². The summed E-state index contributed by atoms with van der Waals surface area (Å²) in [6.07, 6.45) is 1.16. The van der Waals surface area contributed by atoms with Gasteiger partial charge in [-0.25, -0.2) is 0 Å². The third-order valence-electron chi connectivity index (χ3n) is 6.77. The lowest BCUT2D eigenvalue weighted by molar-refractivity contribution is 0.0623. The van der Waals surface area contributed by atoms with Gasteiger partial charge in [0, 0.05) is 31.4 Å². The summed E-state index contributed by atoms with van der Waals surface area (Å²) in [5, 5.41) is 12.7. The SMILES string of the molecule is Cc1ccc(C(=O)N2CC(C)CC(C)C2)cc1NCc1nnc2n(C)c(=O)c3ccccc3n12. The Morgan fingerprint density at radius 3 is 2.59 bits per heavy atom. The number of piperidine rings is 1. The Hall–Kier alpha value is -3.68. The van der Waals surface area contributed by atoms with Gasteiger partial charge in [0.15, 0.2) is 5.82 Å². The van der Waals surface area contributed by atoms with E-state index in [0.29, 0.717) is 40.9 Å². The highest BCUT2D eigenvalue weighted by Gasteiger charge is 2.26. The van der Waals surface area contributed by atoms with E-state index in [1.54, 1.807) is 7.05 Å². The first kappa shape index (κ1) is 22.1. The summed E-state index contributed by atoms with van der Waals surface area (Å²) in [7, 11) is 1.71. The van der Waals surface area contributed by atoms with Gasteiger partial charge in [-0.15, -0.1) is 10.2 Å². The molecule has 0 aliphatic carbocycles. The van der Waals surface area contributed by atoms with Crippen LogP contribution in [0.1, 0.15) is 42.0 Å². The number of hydrogen-bond acceptors (Lipinski definition) is 5. The summed E-state index contributed by atoms with van der Waals surface area (Å²) < 4.78 is 3.43. The van der Waals surface area contributed by atoms with Gasteiger partial charge in [-0.2, -0.15) is 0 Å². The highest BCUT2D eigenvalue weighted by Crippen LogP contribution is 2.25. The van der Waals surface area contributed by atoms with E-state index in [1.165, 1.54) is 4.57 Å². The number of para-hydroxylation sites is 1. The number of rotatable bonds is 4. The predicted molar refractivity (Wildman–Crippen MR) is 133 cm³/mol. The van der Waals surface area contributed by atoms with Gasteiger partial charge in [0.1, 0.15) is 0 Å². The van der Waals surface area contributed by atoms with E-state index in [9.17, 15) is 9.59 Å². The minimum absolute atomic E-state index is 0.0790. The molecule has 4 aromatic rings. The Morgan fingerprint density at radius 1 is 1.09 bits per heavy atom. The molecule has 8 nitrogen and oxygen atoms in total. The Morgan fingerprint density at radius 2 is 1.82 bits per heavy atom. The number of likely N-dealkylation sites (tertiary alicyclic amines) is 1. The first-order chi connectivity index (χ1) is 16.3. The van der Waals surface area contributed by atoms with Crippen LogP contribution in [0.3, 0.4) is 0 Å². The molecule has 1 N–H and O–H groups in total. The Labute approximate surface area is 198 Å². The van der Waals surface area contributed by atoms with E-state index in [1.807, 2.05) is 58.7 Å². The molecule has 1 amide bonds. The summed E-state index contributed by atoms with van der Waals surface area (Å²) in [5.41, 5.74) is 3.29. The summed E-state index contributed by atoms with van der Waals surface area (Å²) in [5.74, 6) is 2.30. The number of carbonyl (C=O) groups is 1. The number of benzene rings is 2. The van der Waals surface area contributed by atoms with Crippen molar-refractivity contribution in [1.82, 2.24) is 24.1 Å². The second-order valence-corrected chi connectivity index (χ2v) is 9.67. The van der Waals surface area contributed by atoms with Crippen LogP contribution in [0.15, 0.2) is 47.3 Å². The largest absolute Gasteiger partial charge is 0.377 e. The topological polar surface area (TPSA) is 84.5 Å². The van der Waals surface area contributed by atoms with Gasteiger partial charge < -0.3 is 10.2 Å². The zero-order valence-electron chi connectivity index (χ0n) is 20.1. The number of nitrogens with one attached hydrogen (secondary N) is 1. The third-order valence-corrected chi connectivity index (χ3v) is 6.77. The number of aryl methyl sites for hydroxylation is 2. The average molecular weight is 459 g/mol. The molecule has 3 heterocycles. The van der Waals surface area contributed by atoms with Crippen LogP contribution < -0.4 is 10.9 Å². The number of nitrogens with zero attached hydrogens (tertiary/aromatic N) is 5. The van der Waals surface area contributed by atoms with Crippen LogP contribution >= 0.6 is 0 Å². The molecule has 0 spiro atoms. The normalized spacial score (nSPS) is 18.5. The second-order valence-electron chi connectivity index (χ2n) is 9.67. The molecule has 0 saturated carbocycles. The number of aromatic nitrogens is 4. The first-order valence-electron chi connectivity index (χ1n) is 11.8. The fourth-order valence-electron chi connectivity index (χ4n) is 5.14. The lowest BCUT2D eigenvalue weighted by atomic mass is 9.91. The van der Waals surface area contributed by atoms with E-state index in [4.69, 9.17) is 0 Å². The van der Waals surface area contributed by atoms with Crippen LogP contribution in [0.25, 0.3) is 16.7 Å². The average Bonchev–Trinajstić information content (AvgIpc) is 3.25. The van der Waals surface area contributed by atoms with Gasteiger partial charge in [0.2, 0.25) is 5.78 Å². The van der Waals surface area contributed by atoms with Crippen LogP contribution in [0.2, 0.25) is 0 Å². The molecule has 2 atom stereocenters. The molecule has 34 heavy (non-hydrogen) atoms. The van der Waals surface area contributed by atoms with Crippen molar-refractivity contribution in [3.8, 4) is 0 Å². The molecule has 1 aliphatic heterocycles. The lowest BCUT2D eigenvalue weighted by Gasteiger charge is -2.35. The van der Waals surface area contributed by atoms with Gasteiger partial charge in [-0.05, 0) is 55.0 Å². The molecule has 1 fully saturated rings. The van der Waals surface area contributed by atoms with Gasteiger partial charge in [0.25, 0.3) is 11.5 Å².